The Balaban J connectivity index is 2.74. The Kier molecular flexibility index (Phi) is 4.80. The maximum atomic E-state index is 10.7. The van der Waals surface area contributed by atoms with Gasteiger partial charge in [0.15, 0.2) is 5.12 Å². The molecule has 17 heavy (non-hydrogen) atoms. The van der Waals surface area contributed by atoms with Crippen molar-refractivity contribution in [1.82, 2.24) is 0 Å². The fourth-order valence-electron chi connectivity index (χ4n) is 1.28. The van der Waals surface area contributed by atoms with Crippen molar-refractivity contribution < 1.29 is 25.2 Å². The Morgan fingerprint density at radius 1 is 1.35 bits per heavy atom. The average Bonchev–Trinajstić information content (AvgIpc) is 2.25. The van der Waals surface area contributed by atoms with Crippen LogP contribution in [-0.2, 0) is 4.79 Å². The highest BCUT2D eigenvalue weighted by Gasteiger charge is 2.22. The number of aliphatic hydroxyl groups excluding tert-OH is 2. The van der Waals surface area contributed by atoms with Crippen LogP contribution in [0.1, 0.15) is 18.6 Å². The minimum atomic E-state index is -1.30. The third kappa shape index (κ3) is 3.92. The number of aliphatic hydroxyl groups is 2. The fourth-order valence-corrected chi connectivity index (χ4v) is 1.87. The molecule has 0 aliphatic carbocycles. The molecule has 1 aromatic rings. The van der Waals surface area contributed by atoms with E-state index in [2.05, 4.69) is 0 Å². The van der Waals surface area contributed by atoms with Crippen molar-refractivity contribution in [3.8, 4) is 11.5 Å². The summed E-state index contributed by atoms with van der Waals surface area (Å²) in [5.41, 5.74) is 0.111. The summed E-state index contributed by atoms with van der Waals surface area (Å²) in [6, 6.07) is 3.68. The Morgan fingerprint density at radius 2 is 2.00 bits per heavy atom. The van der Waals surface area contributed by atoms with Crippen molar-refractivity contribution in [2.75, 3.05) is 5.75 Å². The highest BCUT2D eigenvalue weighted by atomic mass is 32.2. The predicted molar refractivity (Wildman–Crippen MR) is 63.9 cm³/mol. The van der Waals surface area contributed by atoms with E-state index in [9.17, 15) is 20.1 Å². The third-order valence-electron chi connectivity index (χ3n) is 2.15. The summed E-state index contributed by atoms with van der Waals surface area (Å²) in [5.74, 6) is -0.396. The number of aromatic hydroxyl groups is 2. The van der Waals surface area contributed by atoms with Crippen LogP contribution in [0.5, 0.6) is 11.5 Å². The van der Waals surface area contributed by atoms with Gasteiger partial charge in [0.25, 0.3) is 0 Å². The molecule has 0 bridgehead atoms. The first-order chi connectivity index (χ1) is 7.91. The first-order valence-corrected chi connectivity index (χ1v) is 5.91. The minimum absolute atomic E-state index is 0.0385. The molecule has 0 amide bonds. The van der Waals surface area contributed by atoms with Gasteiger partial charge >= 0.3 is 0 Å². The standard InChI is InChI=1S/C11H14O5S/c1-6(12)17-5-10(15)11(16)8-3-2-7(13)4-9(8)14/h2-4,10-11,13-16H,5H2,1H3. The van der Waals surface area contributed by atoms with Crippen molar-refractivity contribution in [2.45, 2.75) is 19.1 Å². The van der Waals surface area contributed by atoms with Gasteiger partial charge in [-0.25, -0.2) is 0 Å². The molecule has 0 aliphatic heterocycles. The molecular formula is C11H14O5S. The zero-order valence-corrected chi connectivity index (χ0v) is 10.0. The molecule has 0 spiro atoms. The van der Waals surface area contributed by atoms with Crippen LogP contribution in [0.15, 0.2) is 18.2 Å². The molecule has 1 rings (SSSR count). The third-order valence-corrected chi connectivity index (χ3v) is 3.07. The van der Waals surface area contributed by atoms with Crippen LogP contribution in [0.2, 0.25) is 0 Å². The number of thioether (sulfide) groups is 1. The SMILES string of the molecule is CC(=O)SCC(O)C(O)c1ccc(O)cc1O. The number of rotatable bonds is 4. The minimum Gasteiger partial charge on any atom is -0.508 e. The lowest BCUT2D eigenvalue weighted by atomic mass is 10.0. The summed E-state index contributed by atoms with van der Waals surface area (Å²) in [6.45, 7) is 1.36. The molecule has 0 aliphatic rings. The molecule has 0 heterocycles. The van der Waals surface area contributed by atoms with E-state index < -0.39 is 12.2 Å². The Bertz CT molecular complexity index is 407. The lowest BCUT2D eigenvalue weighted by Crippen LogP contribution is -2.21. The number of hydrogen-bond donors (Lipinski definition) is 4. The van der Waals surface area contributed by atoms with Gasteiger partial charge < -0.3 is 20.4 Å². The van der Waals surface area contributed by atoms with Gasteiger partial charge in [0.05, 0.1) is 6.10 Å². The van der Waals surface area contributed by atoms with Gasteiger partial charge in [0.1, 0.15) is 17.6 Å². The predicted octanol–water partition coefficient (Wildman–Crippen LogP) is 0.772. The fraction of sp³-hybridized carbons (Fsp3) is 0.364. The van der Waals surface area contributed by atoms with Crippen molar-refractivity contribution in [1.29, 1.82) is 0 Å². The van der Waals surface area contributed by atoms with Crippen LogP contribution in [0.25, 0.3) is 0 Å². The first-order valence-electron chi connectivity index (χ1n) is 4.93. The number of carbonyl (C=O) groups excluding carboxylic acids is 1. The van der Waals surface area contributed by atoms with Crippen LogP contribution in [0.4, 0.5) is 0 Å². The summed E-state index contributed by atoms with van der Waals surface area (Å²) < 4.78 is 0. The van der Waals surface area contributed by atoms with Gasteiger partial charge in [-0.2, -0.15) is 0 Å². The quantitative estimate of drug-likeness (QED) is 0.637. The highest BCUT2D eigenvalue weighted by Crippen LogP contribution is 2.30. The van der Waals surface area contributed by atoms with Gasteiger partial charge in [-0.05, 0) is 12.1 Å². The molecule has 94 valence electrons. The van der Waals surface area contributed by atoms with Gasteiger partial charge in [0, 0.05) is 24.3 Å². The van der Waals surface area contributed by atoms with Crippen LogP contribution in [0.3, 0.4) is 0 Å². The van der Waals surface area contributed by atoms with Crippen LogP contribution < -0.4 is 0 Å². The lowest BCUT2D eigenvalue weighted by molar-refractivity contribution is -0.109. The van der Waals surface area contributed by atoms with Gasteiger partial charge in [-0.3, -0.25) is 4.79 Å². The zero-order chi connectivity index (χ0) is 13.0. The number of phenols is 2. The van der Waals surface area contributed by atoms with Crippen molar-refractivity contribution >= 4 is 16.9 Å². The molecule has 0 saturated heterocycles. The topological polar surface area (TPSA) is 98.0 Å². The smallest absolute Gasteiger partial charge is 0.185 e. The molecule has 0 radical (unpaired) electrons. The second kappa shape index (κ2) is 5.90. The van der Waals surface area contributed by atoms with Crippen molar-refractivity contribution in [3.05, 3.63) is 23.8 Å². The van der Waals surface area contributed by atoms with Crippen molar-refractivity contribution in [3.63, 3.8) is 0 Å². The Hall–Kier alpha value is -1.24. The van der Waals surface area contributed by atoms with Gasteiger partial charge in [-0.15, -0.1) is 0 Å². The largest absolute Gasteiger partial charge is 0.508 e. The number of carbonyl (C=O) groups is 1. The molecule has 0 aromatic heterocycles. The molecule has 1 aromatic carbocycles. The second-order valence-electron chi connectivity index (χ2n) is 3.56. The van der Waals surface area contributed by atoms with E-state index in [0.29, 0.717) is 0 Å². The summed E-state index contributed by atoms with van der Waals surface area (Å²) >= 11 is 0.891. The molecule has 2 atom stereocenters. The molecule has 5 nitrogen and oxygen atoms in total. The van der Waals surface area contributed by atoms with Crippen LogP contribution in [0, 0.1) is 0 Å². The van der Waals surface area contributed by atoms with Gasteiger partial charge in [-0.1, -0.05) is 11.8 Å². The monoisotopic (exact) mass is 258 g/mol. The normalized spacial score (nSPS) is 14.3. The van der Waals surface area contributed by atoms with E-state index in [1.807, 2.05) is 0 Å². The zero-order valence-electron chi connectivity index (χ0n) is 9.20. The lowest BCUT2D eigenvalue weighted by Gasteiger charge is -2.18. The Labute approximate surface area is 103 Å². The van der Waals surface area contributed by atoms with Crippen LogP contribution in [-0.4, -0.2) is 37.4 Å². The summed E-state index contributed by atoms with van der Waals surface area (Å²) in [7, 11) is 0. The number of benzene rings is 1. The maximum absolute atomic E-state index is 10.7. The first kappa shape index (κ1) is 13.8. The average molecular weight is 258 g/mol. The van der Waals surface area contributed by atoms with E-state index in [0.717, 1.165) is 17.8 Å². The molecule has 6 heteroatoms. The van der Waals surface area contributed by atoms with E-state index >= 15 is 0 Å². The molecule has 2 unspecified atom stereocenters. The molecular weight excluding hydrogens is 244 g/mol. The summed E-state index contributed by atoms with van der Waals surface area (Å²) in [6.07, 6.45) is -2.47. The van der Waals surface area contributed by atoms with Gasteiger partial charge in [0.2, 0.25) is 0 Å². The summed E-state index contributed by atoms with van der Waals surface area (Å²) in [4.78, 5) is 10.7. The van der Waals surface area contributed by atoms with Crippen molar-refractivity contribution in [2.24, 2.45) is 0 Å². The number of hydrogen-bond acceptors (Lipinski definition) is 6. The molecule has 0 saturated carbocycles. The van der Waals surface area contributed by atoms with E-state index in [-0.39, 0.29) is 27.9 Å². The Morgan fingerprint density at radius 3 is 2.53 bits per heavy atom. The maximum Gasteiger partial charge on any atom is 0.185 e. The summed E-state index contributed by atoms with van der Waals surface area (Å²) in [5, 5.41) is 37.8. The van der Waals surface area contributed by atoms with Crippen LogP contribution >= 0.6 is 11.8 Å². The second-order valence-corrected chi connectivity index (χ2v) is 4.75. The molecule has 0 fully saturated rings. The molecule has 4 N–H and O–H groups in total. The van der Waals surface area contributed by atoms with E-state index in [4.69, 9.17) is 5.11 Å². The number of phenolic OH excluding ortho intramolecular Hbond substituents is 2. The van der Waals surface area contributed by atoms with E-state index in [1.165, 1.54) is 19.1 Å². The van der Waals surface area contributed by atoms with E-state index in [1.54, 1.807) is 0 Å². The highest BCUT2D eigenvalue weighted by molar-refractivity contribution is 8.13.